The maximum atomic E-state index is 13.2. The Morgan fingerprint density at radius 2 is 1.73 bits per heavy atom. The molecule has 30 heavy (non-hydrogen) atoms. The van der Waals surface area contributed by atoms with Gasteiger partial charge in [-0.2, -0.15) is 5.10 Å². The SMILES string of the molecule is O=c1ccc(C2CC2)nn1C1CCC(Nc2nc(C(F)F)nc3ccccc23)CC1. The fourth-order valence-electron chi connectivity index (χ4n) is 4.26. The minimum absolute atomic E-state index is 0.0563. The fourth-order valence-corrected chi connectivity index (χ4v) is 4.26. The summed E-state index contributed by atoms with van der Waals surface area (Å²) in [5.74, 6) is 0.493. The first-order chi connectivity index (χ1) is 14.6. The van der Waals surface area contributed by atoms with Gasteiger partial charge in [-0.1, -0.05) is 12.1 Å². The van der Waals surface area contributed by atoms with Crippen molar-refractivity contribution in [1.82, 2.24) is 19.7 Å². The third kappa shape index (κ3) is 3.78. The summed E-state index contributed by atoms with van der Waals surface area (Å²) in [6.45, 7) is 0. The van der Waals surface area contributed by atoms with Gasteiger partial charge >= 0.3 is 0 Å². The number of anilines is 1. The Labute approximate surface area is 172 Å². The molecule has 2 heterocycles. The molecule has 0 radical (unpaired) electrons. The Bertz CT molecular complexity index is 1120. The van der Waals surface area contributed by atoms with Gasteiger partial charge < -0.3 is 5.32 Å². The van der Waals surface area contributed by atoms with Crippen LogP contribution in [0, 0.1) is 0 Å². The zero-order chi connectivity index (χ0) is 20.7. The van der Waals surface area contributed by atoms with Crippen LogP contribution in [-0.2, 0) is 0 Å². The van der Waals surface area contributed by atoms with Crippen molar-refractivity contribution in [2.24, 2.45) is 0 Å². The van der Waals surface area contributed by atoms with E-state index < -0.39 is 12.2 Å². The van der Waals surface area contributed by atoms with Crippen LogP contribution in [0.4, 0.5) is 14.6 Å². The van der Waals surface area contributed by atoms with Gasteiger partial charge in [-0.3, -0.25) is 4.79 Å². The molecule has 2 aliphatic carbocycles. The van der Waals surface area contributed by atoms with Crippen molar-refractivity contribution in [2.75, 3.05) is 5.32 Å². The Morgan fingerprint density at radius 1 is 0.967 bits per heavy atom. The Morgan fingerprint density at radius 3 is 2.47 bits per heavy atom. The lowest BCUT2D eigenvalue weighted by Crippen LogP contribution is -2.33. The fraction of sp³-hybridized carbons (Fsp3) is 0.455. The van der Waals surface area contributed by atoms with Crippen LogP contribution in [-0.4, -0.2) is 25.8 Å². The van der Waals surface area contributed by atoms with Crippen LogP contribution in [0.15, 0.2) is 41.2 Å². The molecule has 8 heteroatoms. The number of benzene rings is 1. The van der Waals surface area contributed by atoms with Gasteiger partial charge in [0.25, 0.3) is 12.0 Å². The van der Waals surface area contributed by atoms with Crippen LogP contribution in [0.3, 0.4) is 0 Å². The van der Waals surface area contributed by atoms with E-state index in [0.29, 0.717) is 17.3 Å². The number of halogens is 2. The van der Waals surface area contributed by atoms with Crippen molar-refractivity contribution in [3.63, 3.8) is 0 Å². The molecule has 1 aromatic carbocycles. The van der Waals surface area contributed by atoms with Crippen LogP contribution in [0.5, 0.6) is 0 Å². The van der Waals surface area contributed by atoms with Gasteiger partial charge in [-0.05, 0) is 56.7 Å². The van der Waals surface area contributed by atoms with E-state index >= 15 is 0 Å². The summed E-state index contributed by atoms with van der Waals surface area (Å²) in [5, 5.41) is 8.71. The number of nitrogens with zero attached hydrogens (tertiary/aromatic N) is 4. The van der Waals surface area contributed by atoms with Crippen molar-refractivity contribution >= 4 is 16.7 Å². The zero-order valence-corrected chi connectivity index (χ0v) is 16.5. The van der Waals surface area contributed by atoms with E-state index in [2.05, 4.69) is 20.4 Å². The van der Waals surface area contributed by atoms with Crippen molar-refractivity contribution in [3.8, 4) is 0 Å². The molecule has 0 saturated heterocycles. The predicted molar refractivity (Wildman–Crippen MR) is 110 cm³/mol. The summed E-state index contributed by atoms with van der Waals surface area (Å²) in [4.78, 5) is 20.4. The van der Waals surface area contributed by atoms with E-state index in [0.717, 1.165) is 49.6 Å². The first-order valence-corrected chi connectivity index (χ1v) is 10.5. The van der Waals surface area contributed by atoms with E-state index in [-0.39, 0.29) is 17.6 Å². The van der Waals surface area contributed by atoms with Crippen molar-refractivity contribution < 1.29 is 8.78 Å². The maximum absolute atomic E-state index is 13.2. The summed E-state index contributed by atoms with van der Waals surface area (Å²) >= 11 is 0. The number of aromatic nitrogens is 4. The molecule has 0 unspecified atom stereocenters. The van der Waals surface area contributed by atoms with E-state index in [1.807, 2.05) is 18.2 Å². The Balaban J connectivity index is 1.32. The number of rotatable bonds is 5. The number of hydrogen-bond donors (Lipinski definition) is 1. The summed E-state index contributed by atoms with van der Waals surface area (Å²) in [5.41, 5.74) is 1.47. The van der Waals surface area contributed by atoms with Crippen molar-refractivity contribution in [1.29, 1.82) is 0 Å². The van der Waals surface area contributed by atoms with Gasteiger partial charge in [0.1, 0.15) is 5.82 Å². The molecule has 6 nitrogen and oxygen atoms in total. The highest BCUT2D eigenvalue weighted by atomic mass is 19.3. The highest BCUT2D eigenvalue weighted by Crippen LogP contribution is 2.39. The molecule has 2 saturated carbocycles. The number of hydrogen-bond acceptors (Lipinski definition) is 5. The van der Waals surface area contributed by atoms with E-state index in [1.165, 1.54) is 0 Å². The average Bonchev–Trinajstić information content (AvgIpc) is 3.60. The lowest BCUT2D eigenvalue weighted by molar-refractivity contribution is 0.141. The highest BCUT2D eigenvalue weighted by molar-refractivity contribution is 5.89. The van der Waals surface area contributed by atoms with Crippen LogP contribution in [0.2, 0.25) is 0 Å². The van der Waals surface area contributed by atoms with Gasteiger partial charge in [0.15, 0.2) is 5.82 Å². The molecule has 2 fully saturated rings. The molecule has 5 rings (SSSR count). The average molecular weight is 411 g/mol. The monoisotopic (exact) mass is 411 g/mol. The molecule has 2 aliphatic rings. The van der Waals surface area contributed by atoms with E-state index in [9.17, 15) is 13.6 Å². The molecule has 0 bridgehead atoms. The first-order valence-electron chi connectivity index (χ1n) is 10.5. The number of para-hydroxylation sites is 1. The van der Waals surface area contributed by atoms with Crippen LogP contribution in [0.25, 0.3) is 10.9 Å². The van der Waals surface area contributed by atoms with Gasteiger partial charge in [0.2, 0.25) is 0 Å². The second kappa shape index (κ2) is 7.74. The molecule has 0 spiro atoms. The quantitative estimate of drug-likeness (QED) is 0.664. The topological polar surface area (TPSA) is 72.7 Å². The lowest BCUT2D eigenvalue weighted by Gasteiger charge is -2.30. The molecule has 0 aliphatic heterocycles. The zero-order valence-electron chi connectivity index (χ0n) is 16.5. The second-order valence-corrected chi connectivity index (χ2v) is 8.21. The summed E-state index contributed by atoms with van der Waals surface area (Å²) in [6, 6.07) is 10.8. The summed E-state index contributed by atoms with van der Waals surface area (Å²) < 4.78 is 28.1. The molecule has 2 aromatic heterocycles. The Kier molecular flexibility index (Phi) is 4.92. The van der Waals surface area contributed by atoms with Crippen LogP contribution >= 0.6 is 0 Å². The van der Waals surface area contributed by atoms with Crippen LogP contribution < -0.4 is 10.9 Å². The number of fused-ring (bicyclic) bond motifs is 1. The minimum Gasteiger partial charge on any atom is -0.367 e. The molecule has 3 aromatic rings. The third-order valence-corrected chi connectivity index (χ3v) is 6.04. The molecular formula is C22H23F2N5O. The van der Waals surface area contributed by atoms with Crippen molar-refractivity contribution in [2.45, 2.75) is 63.0 Å². The smallest absolute Gasteiger partial charge is 0.297 e. The second-order valence-electron chi connectivity index (χ2n) is 8.21. The molecule has 156 valence electrons. The standard InChI is InChI=1S/C22H23F2N5O/c23-20(24)22-26-18-4-2-1-3-16(18)21(27-22)25-14-7-9-15(10-8-14)29-19(30)12-11-17(28-29)13-5-6-13/h1-4,11-15,20H,5-10H2,(H,25,26,27). The van der Waals surface area contributed by atoms with Crippen molar-refractivity contribution in [3.05, 3.63) is 58.3 Å². The Hall–Kier alpha value is -2.90. The number of alkyl halides is 2. The van der Waals surface area contributed by atoms with Crippen LogP contribution in [0.1, 0.15) is 68.4 Å². The minimum atomic E-state index is -2.72. The third-order valence-electron chi connectivity index (χ3n) is 6.04. The van der Waals surface area contributed by atoms with Gasteiger partial charge in [-0.25, -0.2) is 23.4 Å². The predicted octanol–water partition coefficient (Wildman–Crippen LogP) is 4.60. The molecule has 1 N–H and O–H groups in total. The van der Waals surface area contributed by atoms with Gasteiger partial charge in [0, 0.05) is 23.4 Å². The maximum Gasteiger partial charge on any atom is 0.297 e. The normalized spacial score (nSPS) is 21.8. The van der Waals surface area contributed by atoms with E-state index in [1.54, 1.807) is 22.9 Å². The van der Waals surface area contributed by atoms with Gasteiger partial charge in [-0.15, -0.1) is 0 Å². The summed E-state index contributed by atoms with van der Waals surface area (Å²) in [6.07, 6.45) is 2.82. The summed E-state index contributed by atoms with van der Waals surface area (Å²) in [7, 11) is 0. The highest BCUT2D eigenvalue weighted by Gasteiger charge is 2.28. The molecular weight excluding hydrogens is 388 g/mol. The first kappa shape index (κ1) is 19.1. The molecule has 0 amide bonds. The molecule has 0 atom stereocenters. The number of nitrogens with one attached hydrogen (secondary N) is 1. The largest absolute Gasteiger partial charge is 0.367 e. The van der Waals surface area contributed by atoms with E-state index in [4.69, 9.17) is 0 Å². The lowest BCUT2D eigenvalue weighted by atomic mass is 9.91. The van der Waals surface area contributed by atoms with Gasteiger partial charge in [0.05, 0.1) is 17.3 Å².